The zero-order valence-corrected chi connectivity index (χ0v) is 27.0. The number of likely N-dealkylation sites (tertiary alicyclic amines) is 2. The van der Waals surface area contributed by atoms with Crippen molar-refractivity contribution in [2.45, 2.75) is 56.3 Å². The van der Waals surface area contributed by atoms with Crippen molar-refractivity contribution >= 4 is 35.0 Å². The molecule has 2 amide bonds. The van der Waals surface area contributed by atoms with Gasteiger partial charge in [-0.3, -0.25) is 14.5 Å². The van der Waals surface area contributed by atoms with E-state index >= 15 is 0 Å². The molecule has 0 spiro atoms. The maximum atomic E-state index is 13.5. The number of amides is 2. The number of carbonyl (C=O) groups excluding carboxylic acids is 2. The Bertz CT molecular complexity index is 1360. The molecule has 5 rings (SSSR count). The lowest BCUT2D eigenvalue weighted by Gasteiger charge is -2.50. The van der Waals surface area contributed by atoms with Gasteiger partial charge < -0.3 is 24.2 Å². The van der Waals surface area contributed by atoms with Crippen LogP contribution in [0.15, 0.2) is 36.4 Å². The average Bonchev–Trinajstić information content (AvgIpc) is 3.33. The molecule has 44 heavy (non-hydrogen) atoms. The van der Waals surface area contributed by atoms with E-state index in [1.165, 1.54) is 24.6 Å². The molecule has 2 saturated heterocycles. The molecule has 2 fully saturated rings. The monoisotopic (exact) mass is 652 g/mol. The fourth-order valence-electron chi connectivity index (χ4n) is 6.73. The van der Waals surface area contributed by atoms with Gasteiger partial charge in [-0.15, -0.1) is 8.78 Å². The first-order valence-electron chi connectivity index (χ1n) is 15.2. The van der Waals surface area contributed by atoms with Crippen molar-refractivity contribution in [1.82, 2.24) is 19.6 Å². The standard InChI is InChI=1S/C32H40Cl2F2N4O4/c1-37(2)30(42)31(40-14-5-4-6-15-40)12-17-39(18-13-31)16-11-24(22-7-9-25(33)26(34)19-22)21-38(3)29(41)23-8-10-27-28(20-23)44-32(35,36)43-27/h7-10,19-20,24H,4-6,11-18,21H2,1-3H3. The van der Waals surface area contributed by atoms with E-state index in [1.54, 1.807) is 22.9 Å². The van der Waals surface area contributed by atoms with Crippen molar-refractivity contribution in [3.8, 4) is 11.5 Å². The zero-order valence-electron chi connectivity index (χ0n) is 25.5. The molecule has 0 aromatic heterocycles. The minimum absolute atomic E-state index is 0.0748. The lowest BCUT2D eigenvalue weighted by atomic mass is 9.82. The Morgan fingerprint density at radius 2 is 1.59 bits per heavy atom. The van der Waals surface area contributed by atoms with Crippen molar-refractivity contribution in [1.29, 1.82) is 0 Å². The van der Waals surface area contributed by atoms with E-state index in [1.807, 2.05) is 26.2 Å². The third-order valence-corrected chi connectivity index (χ3v) is 9.89. The van der Waals surface area contributed by atoms with Gasteiger partial charge in [0.2, 0.25) is 5.91 Å². The Balaban J connectivity index is 1.27. The molecule has 2 aromatic rings. The van der Waals surface area contributed by atoms with Crippen LogP contribution in [0.4, 0.5) is 8.78 Å². The molecule has 240 valence electrons. The first kappa shape index (κ1) is 32.7. The Morgan fingerprint density at radius 3 is 2.25 bits per heavy atom. The molecule has 3 aliphatic heterocycles. The van der Waals surface area contributed by atoms with Gasteiger partial charge in [-0.25, -0.2) is 0 Å². The van der Waals surface area contributed by atoms with Crippen molar-refractivity contribution in [2.24, 2.45) is 0 Å². The average molecular weight is 654 g/mol. The van der Waals surface area contributed by atoms with Gasteiger partial charge >= 0.3 is 6.29 Å². The van der Waals surface area contributed by atoms with Gasteiger partial charge in [0, 0.05) is 52.3 Å². The lowest BCUT2D eigenvalue weighted by Crippen LogP contribution is -2.64. The number of piperidine rings is 2. The van der Waals surface area contributed by atoms with Gasteiger partial charge in [0.05, 0.1) is 10.0 Å². The van der Waals surface area contributed by atoms with Crippen LogP contribution in [0.25, 0.3) is 0 Å². The lowest BCUT2D eigenvalue weighted by molar-refractivity contribution is -0.286. The van der Waals surface area contributed by atoms with E-state index in [4.69, 9.17) is 23.2 Å². The van der Waals surface area contributed by atoms with E-state index in [-0.39, 0.29) is 34.8 Å². The fraction of sp³-hybridized carbons (Fsp3) is 0.562. The molecule has 0 saturated carbocycles. The summed E-state index contributed by atoms with van der Waals surface area (Å²) in [5.41, 5.74) is 0.716. The van der Waals surface area contributed by atoms with Gasteiger partial charge in [0.15, 0.2) is 11.5 Å². The third kappa shape index (κ3) is 7.09. The number of likely N-dealkylation sites (N-methyl/N-ethyl adjacent to an activating group) is 2. The van der Waals surface area contributed by atoms with Crippen LogP contribution >= 0.6 is 23.2 Å². The summed E-state index contributed by atoms with van der Waals surface area (Å²) in [6.07, 6.45) is 2.02. The van der Waals surface area contributed by atoms with Crippen LogP contribution in [0.2, 0.25) is 10.0 Å². The second kappa shape index (κ2) is 13.4. The van der Waals surface area contributed by atoms with Gasteiger partial charge in [0.1, 0.15) is 5.54 Å². The molecule has 0 N–H and O–H groups in total. The highest BCUT2D eigenvalue weighted by atomic mass is 35.5. The summed E-state index contributed by atoms with van der Waals surface area (Å²) in [7, 11) is 5.38. The van der Waals surface area contributed by atoms with Crippen LogP contribution in [0.5, 0.6) is 11.5 Å². The van der Waals surface area contributed by atoms with E-state index in [2.05, 4.69) is 19.3 Å². The molecule has 0 radical (unpaired) electrons. The predicted octanol–water partition coefficient (Wildman–Crippen LogP) is 5.97. The number of carbonyl (C=O) groups is 2. The largest absolute Gasteiger partial charge is 0.586 e. The third-order valence-electron chi connectivity index (χ3n) is 9.15. The summed E-state index contributed by atoms with van der Waals surface area (Å²) in [5, 5.41) is 0.887. The van der Waals surface area contributed by atoms with Gasteiger partial charge in [-0.05, 0) is 87.6 Å². The number of hydrogen-bond acceptors (Lipinski definition) is 6. The summed E-state index contributed by atoms with van der Waals surface area (Å²) in [5.74, 6) is -0.493. The highest BCUT2D eigenvalue weighted by molar-refractivity contribution is 6.42. The SMILES string of the molecule is CN(C)C(=O)C1(N2CCCCC2)CCN(CCC(CN(C)C(=O)c2ccc3c(c2)OC(F)(F)O3)c2ccc(Cl)c(Cl)c2)CC1. The Morgan fingerprint density at radius 1 is 0.909 bits per heavy atom. The molecular formula is C32H40Cl2F2N4O4. The number of hydrogen-bond donors (Lipinski definition) is 0. The molecule has 8 nitrogen and oxygen atoms in total. The predicted molar refractivity (Wildman–Crippen MR) is 166 cm³/mol. The number of benzene rings is 2. The Hall–Kier alpha value is -2.66. The molecule has 3 aliphatic rings. The van der Waals surface area contributed by atoms with Crippen molar-refractivity contribution < 1.29 is 27.8 Å². The zero-order chi connectivity index (χ0) is 31.6. The van der Waals surface area contributed by atoms with Gasteiger partial charge in [0.25, 0.3) is 5.91 Å². The molecule has 12 heteroatoms. The van der Waals surface area contributed by atoms with Gasteiger partial charge in [-0.1, -0.05) is 35.7 Å². The van der Waals surface area contributed by atoms with Crippen LogP contribution in [0.3, 0.4) is 0 Å². The summed E-state index contributed by atoms with van der Waals surface area (Å²) in [6.45, 7) is 4.68. The number of alkyl halides is 2. The Labute approximate surface area is 267 Å². The molecule has 2 aromatic carbocycles. The van der Waals surface area contributed by atoms with Crippen LogP contribution in [-0.2, 0) is 4.79 Å². The first-order chi connectivity index (χ1) is 20.9. The van der Waals surface area contributed by atoms with Crippen molar-refractivity contribution in [2.75, 3.05) is 60.4 Å². The van der Waals surface area contributed by atoms with Crippen molar-refractivity contribution in [3.63, 3.8) is 0 Å². The van der Waals surface area contributed by atoms with Crippen LogP contribution in [-0.4, -0.2) is 104 Å². The van der Waals surface area contributed by atoms with E-state index in [9.17, 15) is 18.4 Å². The maximum absolute atomic E-state index is 13.5. The molecule has 3 heterocycles. The second-order valence-corrected chi connectivity index (χ2v) is 13.1. The van der Waals surface area contributed by atoms with Crippen molar-refractivity contribution in [3.05, 3.63) is 57.6 Å². The normalized spacial score (nSPS) is 20.2. The molecule has 1 atom stereocenters. The van der Waals surface area contributed by atoms with E-state index < -0.39 is 11.8 Å². The summed E-state index contributed by atoms with van der Waals surface area (Å²) < 4.78 is 36.0. The smallest absolute Gasteiger partial charge is 0.395 e. The first-order valence-corrected chi connectivity index (χ1v) is 15.9. The summed E-state index contributed by atoms with van der Waals surface area (Å²) in [6, 6.07) is 9.56. The molecule has 0 bridgehead atoms. The van der Waals surface area contributed by atoms with Crippen LogP contribution in [0, 0.1) is 0 Å². The molecule has 0 aliphatic carbocycles. The highest BCUT2D eigenvalue weighted by Gasteiger charge is 2.47. The topological polar surface area (TPSA) is 65.6 Å². The minimum Gasteiger partial charge on any atom is -0.395 e. The maximum Gasteiger partial charge on any atom is 0.586 e. The molecular weight excluding hydrogens is 613 g/mol. The second-order valence-electron chi connectivity index (χ2n) is 12.3. The number of fused-ring (bicyclic) bond motifs is 1. The quantitative estimate of drug-likeness (QED) is 0.333. The number of ether oxygens (including phenoxy) is 2. The van der Waals surface area contributed by atoms with Crippen LogP contribution < -0.4 is 9.47 Å². The summed E-state index contributed by atoms with van der Waals surface area (Å²) >= 11 is 12.6. The van der Waals surface area contributed by atoms with E-state index in [0.717, 1.165) is 70.4 Å². The van der Waals surface area contributed by atoms with Gasteiger partial charge in [-0.2, -0.15) is 0 Å². The molecule has 1 unspecified atom stereocenters. The Kier molecular flexibility index (Phi) is 9.94. The number of rotatable bonds is 9. The fourth-order valence-corrected chi connectivity index (χ4v) is 7.04. The highest BCUT2D eigenvalue weighted by Crippen LogP contribution is 2.41. The van der Waals surface area contributed by atoms with E-state index in [0.29, 0.717) is 16.6 Å². The minimum atomic E-state index is -3.75. The number of halogens is 4. The summed E-state index contributed by atoms with van der Waals surface area (Å²) in [4.78, 5) is 35.0. The number of nitrogens with zero attached hydrogens (tertiary/aromatic N) is 4. The van der Waals surface area contributed by atoms with Crippen LogP contribution in [0.1, 0.15) is 60.4 Å².